The lowest BCUT2D eigenvalue weighted by atomic mass is 10.1. The van der Waals surface area contributed by atoms with Crippen LogP contribution in [0, 0.1) is 23.3 Å². The van der Waals surface area contributed by atoms with Crippen LogP contribution >= 0.6 is 0 Å². The Labute approximate surface area is 241 Å². The van der Waals surface area contributed by atoms with E-state index in [4.69, 9.17) is 9.47 Å². The second-order valence-electron chi connectivity index (χ2n) is 10.1. The minimum Gasteiger partial charge on any atom is -0.478 e. The molecule has 1 unspecified atom stereocenters. The molecule has 43 heavy (non-hydrogen) atoms. The molecule has 0 radical (unpaired) electrons. The molecule has 12 heteroatoms. The van der Waals surface area contributed by atoms with E-state index < -0.39 is 34.8 Å². The lowest BCUT2D eigenvalue weighted by molar-refractivity contribution is -0.0618. The van der Waals surface area contributed by atoms with Gasteiger partial charge in [-0.1, -0.05) is 6.07 Å². The van der Waals surface area contributed by atoms with Crippen LogP contribution in [0.15, 0.2) is 71.5 Å². The Morgan fingerprint density at radius 3 is 2.47 bits per heavy atom. The van der Waals surface area contributed by atoms with E-state index in [-0.39, 0.29) is 65.0 Å². The van der Waals surface area contributed by atoms with Gasteiger partial charge in [-0.2, -0.15) is 0 Å². The van der Waals surface area contributed by atoms with Crippen molar-refractivity contribution < 1.29 is 36.9 Å². The number of aromatic carboxylic acids is 1. The van der Waals surface area contributed by atoms with Gasteiger partial charge in [-0.25, -0.2) is 32.0 Å². The van der Waals surface area contributed by atoms with Crippen LogP contribution in [0.1, 0.15) is 27.9 Å². The van der Waals surface area contributed by atoms with Crippen molar-refractivity contribution in [1.29, 1.82) is 0 Å². The van der Waals surface area contributed by atoms with Crippen LogP contribution in [0.4, 0.5) is 17.6 Å². The number of benzene rings is 3. The SMILES string of the molecule is O=C(O)c1ccc2c(=O)n(Cc3cc(F)c(-c4cccc(OCc5ccc(F)cc5F)n4)cc3F)n(CC3CCO3)c2c1. The largest absolute Gasteiger partial charge is 0.478 e. The summed E-state index contributed by atoms with van der Waals surface area (Å²) in [5.74, 6) is -4.28. The van der Waals surface area contributed by atoms with Gasteiger partial charge in [0.05, 0.1) is 41.4 Å². The van der Waals surface area contributed by atoms with E-state index in [0.29, 0.717) is 12.1 Å². The summed E-state index contributed by atoms with van der Waals surface area (Å²) in [5.41, 5.74) is -0.295. The quantitative estimate of drug-likeness (QED) is 0.226. The van der Waals surface area contributed by atoms with E-state index in [0.717, 1.165) is 30.7 Å². The zero-order chi connectivity index (χ0) is 30.2. The van der Waals surface area contributed by atoms with Crippen molar-refractivity contribution in [3.05, 3.63) is 117 Å². The summed E-state index contributed by atoms with van der Waals surface area (Å²) in [5, 5.41) is 9.68. The molecule has 3 heterocycles. The Kier molecular flexibility index (Phi) is 7.45. The molecule has 3 aromatic carbocycles. The highest BCUT2D eigenvalue weighted by Gasteiger charge is 2.24. The van der Waals surface area contributed by atoms with Crippen LogP contribution in [0.2, 0.25) is 0 Å². The van der Waals surface area contributed by atoms with Gasteiger partial charge in [0.2, 0.25) is 5.88 Å². The van der Waals surface area contributed by atoms with Gasteiger partial charge in [0.25, 0.3) is 5.56 Å². The number of carboxylic acid groups (broad SMARTS) is 1. The van der Waals surface area contributed by atoms with Crippen molar-refractivity contribution in [3.8, 4) is 17.1 Å². The molecule has 1 aliphatic rings. The van der Waals surface area contributed by atoms with Gasteiger partial charge in [-0.15, -0.1) is 0 Å². The number of ether oxygens (including phenoxy) is 2. The molecule has 5 aromatic rings. The van der Waals surface area contributed by atoms with Crippen molar-refractivity contribution in [2.45, 2.75) is 32.2 Å². The van der Waals surface area contributed by atoms with Crippen molar-refractivity contribution >= 4 is 16.9 Å². The first-order valence-corrected chi connectivity index (χ1v) is 13.3. The number of hydrogen-bond donors (Lipinski definition) is 1. The zero-order valence-corrected chi connectivity index (χ0v) is 22.4. The highest BCUT2D eigenvalue weighted by molar-refractivity contribution is 5.93. The maximum atomic E-state index is 15.5. The molecule has 1 atom stereocenters. The summed E-state index contributed by atoms with van der Waals surface area (Å²) < 4.78 is 71.8. The van der Waals surface area contributed by atoms with Crippen LogP contribution in [-0.4, -0.2) is 38.1 Å². The summed E-state index contributed by atoms with van der Waals surface area (Å²) in [6.45, 7) is 0.189. The number of fused-ring (bicyclic) bond motifs is 1. The number of hydrogen-bond acceptors (Lipinski definition) is 5. The van der Waals surface area contributed by atoms with Gasteiger partial charge in [0.1, 0.15) is 29.9 Å². The Morgan fingerprint density at radius 1 is 0.953 bits per heavy atom. The topological polar surface area (TPSA) is 95.6 Å². The average molecular weight is 594 g/mol. The van der Waals surface area contributed by atoms with E-state index >= 15 is 8.78 Å². The molecule has 0 spiro atoms. The third kappa shape index (κ3) is 5.61. The smallest absolute Gasteiger partial charge is 0.335 e. The van der Waals surface area contributed by atoms with Crippen LogP contribution in [0.3, 0.4) is 0 Å². The molecule has 0 bridgehead atoms. The van der Waals surface area contributed by atoms with Crippen LogP contribution in [0.5, 0.6) is 5.88 Å². The summed E-state index contributed by atoms with van der Waals surface area (Å²) >= 11 is 0. The molecule has 1 aliphatic heterocycles. The molecule has 1 saturated heterocycles. The molecular weight excluding hydrogens is 570 g/mol. The molecule has 1 fully saturated rings. The minimum atomic E-state index is -1.16. The Balaban J connectivity index is 1.30. The fourth-order valence-electron chi connectivity index (χ4n) is 4.92. The first-order chi connectivity index (χ1) is 20.7. The number of carboxylic acids is 1. The molecule has 8 nitrogen and oxygen atoms in total. The molecule has 6 rings (SSSR count). The van der Waals surface area contributed by atoms with Crippen LogP contribution < -0.4 is 10.3 Å². The predicted octanol–water partition coefficient (Wildman–Crippen LogP) is 5.54. The maximum Gasteiger partial charge on any atom is 0.335 e. The first kappa shape index (κ1) is 28.2. The molecule has 0 amide bonds. The monoisotopic (exact) mass is 593 g/mol. The summed E-state index contributed by atoms with van der Waals surface area (Å²) in [4.78, 5) is 29.1. The number of aromatic nitrogens is 3. The highest BCUT2D eigenvalue weighted by Crippen LogP contribution is 2.27. The number of halogens is 4. The first-order valence-electron chi connectivity index (χ1n) is 13.3. The van der Waals surface area contributed by atoms with Gasteiger partial charge in [-0.3, -0.25) is 9.48 Å². The predicted molar refractivity (Wildman–Crippen MR) is 147 cm³/mol. The Bertz CT molecular complexity index is 1930. The van der Waals surface area contributed by atoms with E-state index in [2.05, 4.69) is 4.98 Å². The van der Waals surface area contributed by atoms with Gasteiger partial charge in [0.15, 0.2) is 0 Å². The van der Waals surface area contributed by atoms with Gasteiger partial charge in [-0.05, 0) is 55.0 Å². The minimum absolute atomic E-state index is 0.0140. The molecular formula is C31H23F4N3O5. The maximum absolute atomic E-state index is 15.5. The van der Waals surface area contributed by atoms with Gasteiger partial charge >= 0.3 is 5.97 Å². The second kappa shape index (κ2) is 11.4. The summed E-state index contributed by atoms with van der Waals surface area (Å²) in [7, 11) is 0. The van der Waals surface area contributed by atoms with E-state index in [1.54, 1.807) is 4.68 Å². The van der Waals surface area contributed by atoms with Crippen LogP contribution in [-0.2, 0) is 24.4 Å². The molecule has 0 saturated carbocycles. The number of carbonyl (C=O) groups is 1. The van der Waals surface area contributed by atoms with Gasteiger partial charge in [0, 0.05) is 35.4 Å². The van der Waals surface area contributed by atoms with Gasteiger partial charge < -0.3 is 14.6 Å². The Hall–Kier alpha value is -4.97. The lowest BCUT2D eigenvalue weighted by Gasteiger charge is -2.28. The van der Waals surface area contributed by atoms with E-state index in [1.807, 2.05) is 0 Å². The van der Waals surface area contributed by atoms with E-state index in [1.165, 1.54) is 47.1 Å². The fraction of sp³-hybridized carbons (Fsp3) is 0.194. The number of rotatable bonds is 9. The summed E-state index contributed by atoms with van der Waals surface area (Å²) in [6.07, 6.45) is 0.525. The number of pyridine rings is 1. The fourth-order valence-corrected chi connectivity index (χ4v) is 4.92. The third-order valence-corrected chi connectivity index (χ3v) is 7.30. The zero-order valence-electron chi connectivity index (χ0n) is 22.4. The molecule has 2 aromatic heterocycles. The number of nitrogens with zero attached hydrogens (tertiary/aromatic N) is 3. The normalized spacial score (nSPS) is 14.6. The Morgan fingerprint density at radius 2 is 1.74 bits per heavy atom. The van der Waals surface area contributed by atoms with Crippen molar-refractivity contribution in [2.24, 2.45) is 0 Å². The standard InChI is InChI=1S/C31H23F4N3O5/c32-20-6-4-18(24(33)12-20)16-43-29-3-1-2-27(36-29)23-13-25(34)19(10-26(23)35)14-38-30(39)22-7-5-17(31(40)41)11-28(22)37(38)15-21-8-9-42-21/h1-7,10-13,21H,8-9,14-16H2,(H,40,41). The third-order valence-electron chi connectivity index (χ3n) is 7.30. The van der Waals surface area contributed by atoms with E-state index in [9.17, 15) is 23.5 Å². The highest BCUT2D eigenvalue weighted by atomic mass is 19.1. The molecule has 220 valence electrons. The van der Waals surface area contributed by atoms with Crippen LogP contribution in [0.25, 0.3) is 22.2 Å². The van der Waals surface area contributed by atoms with Crippen molar-refractivity contribution in [2.75, 3.05) is 6.61 Å². The van der Waals surface area contributed by atoms with Crippen molar-refractivity contribution in [3.63, 3.8) is 0 Å². The second-order valence-corrected chi connectivity index (χ2v) is 10.1. The lowest BCUT2D eigenvalue weighted by Crippen LogP contribution is -2.35. The molecule has 1 N–H and O–H groups in total. The summed E-state index contributed by atoms with van der Waals surface area (Å²) in [6, 6.07) is 13.5. The average Bonchev–Trinajstić information content (AvgIpc) is 3.21. The van der Waals surface area contributed by atoms with Crippen molar-refractivity contribution in [1.82, 2.24) is 14.3 Å². The molecule has 0 aliphatic carbocycles.